The highest BCUT2D eigenvalue weighted by atomic mass is 32.2. The van der Waals surface area contributed by atoms with E-state index in [0.29, 0.717) is 18.2 Å². The van der Waals surface area contributed by atoms with E-state index in [-0.39, 0.29) is 6.03 Å². The normalized spacial score (nSPS) is 10.3. The van der Waals surface area contributed by atoms with Crippen molar-refractivity contribution >= 4 is 29.6 Å². The highest BCUT2D eigenvalue weighted by molar-refractivity contribution is 8.00. The van der Waals surface area contributed by atoms with E-state index in [1.807, 2.05) is 48.5 Å². The van der Waals surface area contributed by atoms with Gasteiger partial charge in [-0.15, -0.1) is 0 Å². The summed E-state index contributed by atoms with van der Waals surface area (Å²) in [6.07, 6.45) is 6.51. The van der Waals surface area contributed by atoms with Crippen LogP contribution in [0.3, 0.4) is 0 Å². The molecule has 8 heteroatoms. The number of rotatable bonds is 7. The Morgan fingerprint density at radius 2 is 1.65 bits per heavy atom. The van der Waals surface area contributed by atoms with Crippen LogP contribution < -0.4 is 15.4 Å². The molecule has 0 atom stereocenters. The lowest BCUT2D eigenvalue weighted by Gasteiger charge is -2.10. The third-order valence-electron chi connectivity index (χ3n) is 4.31. The standard InChI is InChI=1S/C23H20N6OS/c30-23(27-14-17-7-6-12-24-13-17)28-19-15-25-22(26-16-19)29-31-21-11-5-4-10-20(21)18-8-2-1-3-9-18/h1-13,15-16H,14H2,(H,25,26,29)(H2,27,28,30). The zero-order valence-electron chi connectivity index (χ0n) is 16.5. The van der Waals surface area contributed by atoms with E-state index >= 15 is 0 Å². The fraction of sp³-hybridized carbons (Fsp3) is 0.0435. The number of nitrogens with one attached hydrogen (secondary N) is 3. The Hall–Kier alpha value is -3.91. The number of hydrogen-bond donors (Lipinski definition) is 3. The summed E-state index contributed by atoms with van der Waals surface area (Å²) < 4.78 is 3.16. The number of carbonyl (C=O) groups excluding carboxylic acids is 1. The molecule has 2 aromatic heterocycles. The van der Waals surface area contributed by atoms with E-state index in [1.54, 1.807) is 24.8 Å². The SMILES string of the molecule is O=C(NCc1cccnc1)Nc1cnc(NSc2ccccc2-c2ccccc2)nc1. The van der Waals surface area contributed by atoms with E-state index in [2.05, 4.69) is 48.5 Å². The first-order valence-electron chi connectivity index (χ1n) is 9.61. The third-order valence-corrected chi connectivity index (χ3v) is 5.17. The van der Waals surface area contributed by atoms with Crippen LogP contribution in [0.2, 0.25) is 0 Å². The summed E-state index contributed by atoms with van der Waals surface area (Å²) >= 11 is 1.44. The summed E-state index contributed by atoms with van der Waals surface area (Å²) in [6.45, 7) is 0.387. The first-order valence-corrected chi connectivity index (χ1v) is 10.4. The van der Waals surface area contributed by atoms with Crippen molar-refractivity contribution in [2.24, 2.45) is 0 Å². The fourth-order valence-corrected chi connectivity index (χ4v) is 3.57. The summed E-state index contributed by atoms with van der Waals surface area (Å²) in [5.41, 5.74) is 3.69. The number of hydrogen-bond acceptors (Lipinski definition) is 6. The van der Waals surface area contributed by atoms with Crippen LogP contribution in [0.1, 0.15) is 5.56 Å². The second-order valence-electron chi connectivity index (χ2n) is 6.53. The van der Waals surface area contributed by atoms with Crippen LogP contribution in [0.25, 0.3) is 11.1 Å². The number of benzene rings is 2. The molecule has 31 heavy (non-hydrogen) atoms. The molecular formula is C23H20N6OS. The Kier molecular flexibility index (Phi) is 6.71. The largest absolute Gasteiger partial charge is 0.334 e. The Balaban J connectivity index is 1.32. The van der Waals surface area contributed by atoms with Crippen LogP contribution in [0, 0.1) is 0 Å². The molecule has 0 saturated heterocycles. The van der Waals surface area contributed by atoms with Gasteiger partial charge in [-0.2, -0.15) is 0 Å². The quantitative estimate of drug-likeness (QED) is 0.360. The third kappa shape index (κ3) is 5.80. The molecule has 0 fully saturated rings. The van der Waals surface area contributed by atoms with Crippen LogP contribution in [0.4, 0.5) is 16.4 Å². The Morgan fingerprint density at radius 1 is 0.871 bits per heavy atom. The van der Waals surface area contributed by atoms with Gasteiger partial charge in [-0.25, -0.2) is 14.8 Å². The van der Waals surface area contributed by atoms with Crippen LogP contribution >= 0.6 is 11.9 Å². The molecule has 2 heterocycles. The highest BCUT2D eigenvalue weighted by Gasteiger charge is 2.07. The molecule has 0 bridgehead atoms. The Morgan fingerprint density at radius 3 is 2.42 bits per heavy atom. The highest BCUT2D eigenvalue weighted by Crippen LogP contribution is 2.31. The average Bonchev–Trinajstić information content (AvgIpc) is 2.84. The zero-order valence-corrected chi connectivity index (χ0v) is 17.3. The summed E-state index contributed by atoms with van der Waals surface area (Å²) in [5.74, 6) is 0.453. The van der Waals surface area contributed by atoms with Crippen LogP contribution in [-0.2, 0) is 6.54 Å². The molecule has 0 aliphatic heterocycles. The number of carbonyl (C=O) groups is 1. The first-order chi connectivity index (χ1) is 15.3. The zero-order chi connectivity index (χ0) is 21.3. The van der Waals surface area contributed by atoms with Crippen molar-refractivity contribution in [2.75, 3.05) is 10.0 Å². The minimum atomic E-state index is -0.334. The van der Waals surface area contributed by atoms with E-state index in [0.717, 1.165) is 21.6 Å². The van der Waals surface area contributed by atoms with Gasteiger partial charge in [0.15, 0.2) is 0 Å². The number of pyridine rings is 1. The smallest absolute Gasteiger partial charge is 0.319 e. The van der Waals surface area contributed by atoms with Gasteiger partial charge in [0, 0.05) is 23.8 Å². The van der Waals surface area contributed by atoms with E-state index in [4.69, 9.17) is 0 Å². The molecule has 3 N–H and O–H groups in total. The number of amides is 2. The summed E-state index contributed by atoms with van der Waals surface area (Å²) in [5, 5.41) is 5.48. The van der Waals surface area contributed by atoms with Crippen molar-refractivity contribution in [3.05, 3.63) is 97.1 Å². The molecule has 2 aromatic carbocycles. The minimum absolute atomic E-state index is 0.334. The van der Waals surface area contributed by atoms with Gasteiger partial charge in [-0.3, -0.25) is 9.71 Å². The molecule has 4 aromatic rings. The fourth-order valence-electron chi connectivity index (χ4n) is 2.82. The molecule has 4 rings (SSSR count). The molecule has 154 valence electrons. The number of urea groups is 1. The Bertz CT molecular complexity index is 1120. The van der Waals surface area contributed by atoms with Crippen molar-refractivity contribution in [2.45, 2.75) is 11.4 Å². The predicted molar refractivity (Wildman–Crippen MR) is 123 cm³/mol. The topological polar surface area (TPSA) is 91.8 Å². The lowest BCUT2D eigenvalue weighted by molar-refractivity contribution is 0.251. The number of aromatic nitrogens is 3. The van der Waals surface area contributed by atoms with E-state index < -0.39 is 0 Å². The van der Waals surface area contributed by atoms with Crippen molar-refractivity contribution < 1.29 is 4.79 Å². The molecule has 2 amide bonds. The molecule has 0 saturated carbocycles. The average molecular weight is 429 g/mol. The van der Waals surface area contributed by atoms with Crippen LogP contribution in [-0.4, -0.2) is 21.0 Å². The molecule has 7 nitrogen and oxygen atoms in total. The second kappa shape index (κ2) is 10.2. The van der Waals surface area contributed by atoms with Gasteiger partial charge < -0.3 is 10.6 Å². The number of anilines is 2. The monoisotopic (exact) mass is 428 g/mol. The number of nitrogens with zero attached hydrogens (tertiary/aromatic N) is 3. The van der Waals surface area contributed by atoms with Crippen molar-refractivity contribution in [1.29, 1.82) is 0 Å². The molecule has 0 radical (unpaired) electrons. The van der Waals surface area contributed by atoms with Crippen LogP contribution in [0.5, 0.6) is 0 Å². The van der Waals surface area contributed by atoms with Crippen molar-refractivity contribution in [3.63, 3.8) is 0 Å². The Labute approximate surface area is 184 Å². The van der Waals surface area contributed by atoms with Gasteiger partial charge in [0.2, 0.25) is 5.95 Å². The maximum atomic E-state index is 12.0. The molecule has 0 aliphatic rings. The van der Waals surface area contributed by atoms with Gasteiger partial charge in [-0.1, -0.05) is 54.6 Å². The van der Waals surface area contributed by atoms with Gasteiger partial charge in [-0.05, 0) is 40.8 Å². The van der Waals surface area contributed by atoms with Crippen LogP contribution in [0.15, 0.2) is 96.4 Å². The van der Waals surface area contributed by atoms with Crippen molar-refractivity contribution in [1.82, 2.24) is 20.3 Å². The summed E-state index contributed by atoms with van der Waals surface area (Å²) in [6, 6.07) is 21.7. The molecule has 0 unspecified atom stereocenters. The summed E-state index contributed by atoms with van der Waals surface area (Å²) in [4.78, 5) is 25.7. The van der Waals surface area contributed by atoms with E-state index in [1.165, 1.54) is 11.9 Å². The maximum absolute atomic E-state index is 12.0. The minimum Gasteiger partial charge on any atom is -0.334 e. The second-order valence-corrected chi connectivity index (χ2v) is 7.38. The van der Waals surface area contributed by atoms with Gasteiger partial charge >= 0.3 is 6.03 Å². The first kappa shape index (κ1) is 20.4. The van der Waals surface area contributed by atoms with Gasteiger partial charge in [0.05, 0.1) is 18.1 Å². The van der Waals surface area contributed by atoms with Crippen molar-refractivity contribution in [3.8, 4) is 11.1 Å². The van der Waals surface area contributed by atoms with Gasteiger partial charge in [0.1, 0.15) is 0 Å². The maximum Gasteiger partial charge on any atom is 0.319 e. The molecule has 0 aliphatic carbocycles. The summed E-state index contributed by atoms with van der Waals surface area (Å²) in [7, 11) is 0. The predicted octanol–water partition coefficient (Wildman–Crippen LogP) is 4.98. The van der Waals surface area contributed by atoms with Gasteiger partial charge in [0.25, 0.3) is 0 Å². The lowest BCUT2D eigenvalue weighted by Crippen LogP contribution is -2.28. The molecular weight excluding hydrogens is 408 g/mol. The molecule has 0 spiro atoms. The lowest BCUT2D eigenvalue weighted by atomic mass is 10.1. The van der Waals surface area contributed by atoms with E-state index in [9.17, 15) is 4.79 Å².